The molecule has 0 aliphatic rings. The highest BCUT2D eigenvalue weighted by Gasteiger charge is 2.27. The average molecular weight is 232 g/mol. The number of nitrogens with zero attached hydrogens (tertiary/aromatic N) is 1. The maximum Gasteiger partial charge on any atom is 0.287 e. The van der Waals surface area contributed by atoms with Crippen LogP contribution < -0.4 is 10.1 Å². The Balaban J connectivity index is 2.66. The summed E-state index contributed by atoms with van der Waals surface area (Å²) < 4.78 is 30.8. The van der Waals surface area contributed by atoms with Crippen molar-refractivity contribution in [3.8, 4) is 5.75 Å². The number of pyridine rings is 1. The summed E-state index contributed by atoms with van der Waals surface area (Å²) in [5.74, 6) is -2.50. The number of aromatic nitrogens is 1. The van der Waals surface area contributed by atoms with Gasteiger partial charge in [-0.3, -0.25) is 0 Å². The zero-order valence-corrected chi connectivity index (χ0v) is 8.91. The van der Waals surface area contributed by atoms with Crippen molar-refractivity contribution in [2.45, 2.75) is 12.8 Å². The first-order valence-corrected chi connectivity index (χ1v) is 4.89. The second-order valence-corrected chi connectivity index (χ2v) is 3.15. The molecule has 0 spiro atoms. The number of hydrogen-bond acceptors (Lipinski definition) is 4. The molecule has 6 heteroatoms. The highest BCUT2D eigenvalue weighted by atomic mass is 19.3. The van der Waals surface area contributed by atoms with Crippen LogP contribution in [0, 0.1) is 0 Å². The number of ether oxygens (including phenoxy) is 1. The molecule has 0 aromatic carbocycles. The molecule has 0 fully saturated rings. The normalized spacial score (nSPS) is 11.2. The van der Waals surface area contributed by atoms with E-state index in [9.17, 15) is 8.78 Å². The minimum Gasteiger partial charge on any atom is -0.490 e. The number of aliphatic hydroxyl groups excluding tert-OH is 1. The van der Waals surface area contributed by atoms with Gasteiger partial charge >= 0.3 is 0 Å². The number of rotatable bonds is 6. The Morgan fingerprint density at radius 2 is 2.31 bits per heavy atom. The van der Waals surface area contributed by atoms with Gasteiger partial charge in [0.2, 0.25) is 0 Å². The van der Waals surface area contributed by atoms with E-state index in [0.29, 0.717) is 12.4 Å². The standard InChI is InChI=1S/C10H14F2N2O2/c1-2-16-8-4-3-5-13-9(8)14-6-10(11,12)7-15/h3-5,15H,2,6-7H2,1H3,(H,13,14). The third-order valence-electron chi connectivity index (χ3n) is 1.82. The minimum absolute atomic E-state index is 0.248. The molecule has 2 N–H and O–H groups in total. The van der Waals surface area contributed by atoms with Crippen LogP contribution in [-0.2, 0) is 0 Å². The molecule has 0 unspecified atom stereocenters. The number of nitrogens with one attached hydrogen (secondary N) is 1. The van der Waals surface area contributed by atoms with Crippen LogP contribution in [0.3, 0.4) is 0 Å². The molecule has 1 aromatic rings. The largest absolute Gasteiger partial charge is 0.490 e. The van der Waals surface area contributed by atoms with Gasteiger partial charge in [0, 0.05) is 6.20 Å². The molecule has 1 aromatic heterocycles. The van der Waals surface area contributed by atoms with Crippen LogP contribution in [0.4, 0.5) is 14.6 Å². The van der Waals surface area contributed by atoms with E-state index in [1.165, 1.54) is 6.20 Å². The number of hydrogen-bond donors (Lipinski definition) is 2. The predicted octanol–water partition coefficient (Wildman–Crippen LogP) is 1.52. The summed E-state index contributed by atoms with van der Waals surface area (Å²) in [6, 6.07) is 3.29. The third kappa shape index (κ3) is 3.62. The van der Waals surface area contributed by atoms with Gasteiger partial charge in [-0.25, -0.2) is 13.8 Å². The topological polar surface area (TPSA) is 54.4 Å². The third-order valence-corrected chi connectivity index (χ3v) is 1.82. The van der Waals surface area contributed by atoms with E-state index in [1.807, 2.05) is 0 Å². The van der Waals surface area contributed by atoms with Crippen molar-refractivity contribution in [1.29, 1.82) is 0 Å². The van der Waals surface area contributed by atoms with E-state index in [4.69, 9.17) is 9.84 Å². The van der Waals surface area contributed by atoms with E-state index in [0.717, 1.165) is 0 Å². The molecule has 1 rings (SSSR count). The molecule has 0 amide bonds. The number of halogens is 2. The highest BCUT2D eigenvalue weighted by molar-refractivity contribution is 5.49. The van der Waals surface area contributed by atoms with Crippen LogP contribution in [0.25, 0.3) is 0 Å². The van der Waals surface area contributed by atoms with Gasteiger partial charge in [0.15, 0.2) is 11.6 Å². The van der Waals surface area contributed by atoms with Gasteiger partial charge in [-0.05, 0) is 19.1 Å². The Bertz CT molecular complexity index is 334. The Kier molecular flexibility index (Phi) is 4.42. The van der Waals surface area contributed by atoms with Crippen molar-refractivity contribution in [2.75, 3.05) is 25.1 Å². The molecule has 0 saturated heterocycles. The summed E-state index contributed by atoms with van der Waals surface area (Å²) in [7, 11) is 0. The van der Waals surface area contributed by atoms with E-state index < -0.39 is 19.1 Å². The molecule has 1 heterocycles. The zero-order chi connectivity index (χ0) is 12.0. The van der Waals surface area contributed by atoms with Gasteiger partial charge in [-0.15, -0.1) is 0 Å². The van der Waals surface area contributed by atoms with Gasteiger partial charge < -0.3 is 15.2 Å². The Morgan fingerprint density at radius 3 is 2.94 bits per heavy atom. The lowest BCUT2D eigenvalue weighted by atomic mass is 10.3. The summed E-state index contributed by atoms with van der Waals surface area (Å²) in [4.78, 5) is 3.88. The van der Waals surface area contributed by atoms with Crippen LogP contribution in [-0.4, -0.2) is 35.8 Å². The molecule has 90 valence electrons. The lowest BCUT2D eigenvalue weighted by molar-refractivity contribution is -0.0373. The molecule has 0 radical (unpaired) electrons. The molecule has 0 saturated carbocycles. The van der Waals surface area contributed by atoms with Gasteiger partial charge in [0.25, 0.3) is 5.92 Å². The molecule has 0 aliphatic heterocycles. The van der Waals surface area contributed by atoms with Crippen molar-refractivity contribution >= 4 is 5.82 Å². The predicted molar refractivity (Wildman–Crippen MR) is 55.9 cm³/mol. The van der Waals surface area contributed by atoms with Gasteiger partial charge in [-0.1, -0.05) is 0 Å². The van der Waals surface area contributed by atoms with Gasteiger partial charge in [0.1, 0.15) is 6.61 Å². The van der Waals surface area contributed by atoms with Crippen molar-refractivity contribution in [3.05, 3.63) is 18.3 Å². The minimum atomic E-state index is -3.17. The highest BCUT2D eigenvalue weighted by Crippen LogP contribution is 2.22. The van der Waals surface area contributed by atoms with E-state index >= 15 is 0 Å². The maximum atomic E-state index is 12.8. The molecular formula is C10H14F2N2O2. The molecule has 0 bridgehead atoms. The summed E-state index contributed by atoms with van der Waals surface area (Å²) in [6.45, 7) is 0.341. The van der Waals surface area contributed by atoms with Crippen molar-refractivity contribution in [1.82, 2.24) is 4.98 Å². The molecular weight excluding hydrogens is 218 g/mol. The Labute approximate surface area is 92.3 Å². The van der Waals surface area contributed by atoms with Crippen LogP contribution in [0.15, 0.2) is 18.3 Å². The number of anilines is 1. The zero-order valence-electron chi connectivity index (χ0n) is 8.91. The van der Waals surface area contributed by atoms with Crippen molar-refractivity contribution in [3.63, 3.8) is 0 Å². The van der Waals surface area contributed by atoms with E-state index in [2.05, 4.69) is 10.3 Å². The van der Waals surface area contributed by atoms with Crippen LogP contribution in [0.2, 0.25) is 0 Å². The summed E-state index contributed by atoms with van der Waals surface area (Å²) in [5.41, 5.74) is 0. The van der Waals surface area contributed by atoms with Crippen LogP contribution >= 0.6 is 0 Å². The molecule has 4 nitrogen and oxygen atoms in total. The first-order chi connectivity index (χ1) is 7.59. The fraction of sp³-hybridized carbons (Fsp3) is 0.500. The second kappa shape index (κ2) is 5.60. The van der Waals surface area contributed by atoms with Crippen LogP contribution in [0.1, 0.15) is 6.92 Å². The Hall–Kier alpha value is -1.43. The first kappa shape index (κ1) is 12.6. The smallest absolute Gasteiger partial charge is 0.287 e. The quantitative estimate of drug-likeness (QED) is 0.780. The van der Waals surface area contributed by atoms with Crippen molar-refractivity contribution < 1.29 is 18.6 Å². The molecule has 0 aliphatic carbocycles. The summed E-state index contributed by atoms with van der Waals surface area (Å²) in [6.07, 6.45) is 1.47. The fourth-order valence-corrected chi connectivity index (χ4v) is 1.06. The fourth-order valence-electron chi connectivity index (χ4n) is 1.06. The van der Waals surface area contributed by atoms with E-state index in [-0.39, 0.29) is 5.82 Å². The Morgan fingerprint density at radius 1 is 1.56 bits per heavy atom. The maximum absolute atomic E-state index is 12.8. The lowest BCUT2D eigenvalue weighted by Gasteiger charge is -2.16. The SMILES string of the molecule is CCOc1cccnc1NCC(F)(F)CO. The number of aliphatic hydroxyl groups is 1. The second-order valence-electron chi connectivity index (χ2n) is 3.15. The average Bonchev–Trinajstić information content (AvgIpc) is 2.28. The van der Waals surface area contributed by atoms with Crippen LogP contribution in [0.5, 0.6) is 5.75 Å². The van der Waals surface area contributed by atoms with E-state index in [1.54, 1.807) is 19.1 Å². The first-order valence-electron chi connectivity index (χ1n) is 4.89. The van der Waals surface area contributed by atoms with Gasteiger partial charge in [0.05, 0.1) is 13.2 Å². The lowest BCUT2D eigenvalue weighted by Crippen LogP contribution is -2.31. The summed E-state index contributed by atoms with van der Waals surface area (Å²) >= 11 is 0. The molecule has 0 atom stereocenters. The monoisotopic (exact) mass is 232 g/mol. The van der Waals surface area contributed by atoms with Crippen molar-refractivity contribution in [2.24, 2.45) is 0 Å². The summed E-state index contributed by atoms with van der Waals surface area (Å²) in [5, 5.41) is 10.8. The molecule has 16 heavy (non-hydrogen) atoms. The van der Waals surface area contributed by atoms with Gasteiger partial charge in [-0.2, -0.15) is 0 Å². The number of alkyl halides is 2.